The Hall–Kier alpha value is -0.930. The fraction of sp³-hybridized carbons (Fsp3) is 0.250. The Bertz CT molecular complexity index is 174. The highest BCUT2D eigenvalue weighted by atomic mass is 19.2. The van der Waals surface area contributed by atoms with Gasteiger partial charge in [-0.1, -0.05) is 9.39 Å². The largest absolute Gasteiger partial charge is 0.247 e. The summed E-state index contributed by atoms with van der Waals surface area (Å²) in [6.45, 7) is 1.39. The van der Waals surface area contributed by atoms with Crippen molar-refractivity contribution < 1.29 is 8.87 Å². The summed E-state index contributed by atoms with van der Waals surface area (Å²) in [4.78, 5) is -0.352. The molecule has 4 heteroatoms. The molecule has 1 heterocycles. The van der Waals surface area contributed by atoms with Gasteiger partial charge < -0.3 is 0 Å². The molecule has 0 aromatic carbocycles. The molecule has 1 aromatic rings. The number of nitrogens with zero attached hydrogens (tertiary/aromatic N) is 2. The van der Waals surface area contributed by atoms with E-state index in [0.717, 1.165) is 0 Å². The summed E-state index contributed by atoms with van der Waals surface area (Å²) in [6, 6.07) is 0. The van der Waals surface area contributed by atoms with Gasteiger partial charge in [-0.05, 0) is 6.92 Å². The highest BCUT2D eigenvalue weighted by Gasteiger charge is 2.03. The fourth-order valence-electron chi connectivity index (χ4n) is 0.347. The van der Waals surface area contributed by atoms with Gasteiger partial charge in [-0.3, -0.25) is 0 Å². The first kappa shape index (κ1) is 5.21. The first-order valence-electron chi connectivity index (χ1n) is 2.01. The zero-order valence-corrected chi connectivity index (χ0v) is 4.15. The van der Waals surface area contributed by atoms with Crippen LogP contribution in [-0.2, 0) is 0 Å². The molecule has 43 valence electrons. The van der Waals surface area contributed by atoms with Gasteiger partial charge in [0.15, 0.2) is 0 Å². The molecular formula is C4H3F2N2. The monoisotopic (exact) mass is 117 g/mol. The lowest BCUT2D eigenvalue weighted by Gasteiger charge is -1.80. The molecule has 0 spiro atoms. The molecule has 0 aliphatic carbocycles. The van der Waals surface area contributed by atoms with Crippen molar-refractivity contribution in [2.45, 2.75) is 6.92 Å². The Labute approximate surface area is 44.7 Å². The van der Waals surface area contributed by atoms with Crippen LogP contribution in [0.5, 0.6) is 0 Å². The lowest BCUT2D eigenvalue weighted by molar-refractivity contribution is 0.253. The molecule has 0 saturated heterocycles. The Morgan fingerprint density at radius 2 is 2.38 bits per heavy atom. The van der Waals surface area contributed by atoms with Gasteiger partial charge >= 0.3 is 0 Å². The summed E-state index contributed by atoms with van der Waals surface area (Å²) in [7, 11) is 0. The molecule has 0 saturated carbocycles. The van der Waals surface area contributed by atoms with Crippen LogP contribution in [0.4, 0.5) is 8.87 Å². The van der Waals surface area contributed by atoms with Gasteiger partial charge in [-0.15, -0.1) is 5.10 Å². The van der Waals surface area contributed by atoms with Crippen LogP contribution in [0.15, 0.2) is 0 Å². The van der Waals surface area contributed by atoms with E-state index in [4.69, 9.17) is 0 Å². The minimum atomic E-state index is -0.981. The van der Waals surface area contributed by atoms with Crippen molar-refractivity contribution in [3.63, 3.8) is 0 Å². The van der Waals surface area contributed by atoms with Gasteiger partial charge in [0.2, 0.25) is 5.95 Å². The average Bonchev–Trinajstić information content (AvgIpc) is 1.98. The van der Waals surface area contributed by atoms with Gasteiger partial charge in [0, 0.05) is 5.56 Å². The third-order valence-electron chi connectivity index (χ3n) is 0.777. The predicted octanol–water partition coefficient (Wildman–Crippen LogP) is 0.863. The quantitative estimate of drug-likeness (QED) is 0.492. The molecule has 1 radical (unpaired) electrons. The average molecular weight is 117 g/mol. The summed E-state index contributed by atoms with van der Waals surface area (Å²) in [5.41, 5.74) is 0.0903. The molecule has 0 aliphatic rings. The van der Waals surface area contributed by atoms with Crippen LogP contribution in [0.1, 0.15) is 5.56 Å². The van der Waals surface area contributed by atoms with Crippen molar-refractivity contribution in [3.05, 3.63) is 17.7 Å². The maximum atomic E-state index is 12.0. The lowest BCUT2D eigenvalue weighted by atomic mass is 10.4. The molecule has 8 heavy (non-hydrogen) atoms. The molecule has 1 rings (SSSR count). The molecule has 0 aliphatic heterocycles. The second-order valence-electron chi connectivity index (χ2n) is 1.39. The van der Waals surface area contributed by atoms with E-state index >= 15 is 0 Å². The summed E-state index contributed by atoms with van der Waals surface area (Å²) < 4.78 is 23.7. The number of rotatable bonds is 0. The van der Waals surface area contributed by atoms with E-state index in [1.807, 2.05) is 0 Å². The van der Waals surface area contributed by atoms with Crippen molar-refractivity contribution in [1.82, 2.24) is 10.0 Å². The van der Waals surface area contributed by atoms with E-state index in [1.165, 1.54) is 6.92 Å². The Morgan fingerprint density at radius 3 is 2.50 bits per heavy atom. The summed E-state index contributed by atoms with van der Waals surface area (Å²) in [5, 5.41) is 2.87. The zero-order chi connectivity index (χ0) is 6.15. The van der Waals surface area contributed by atoms with Gasteiger partial charge in [-0.2, -0.15) is 4.39 Å². The second-order valence-corrected chi connectivity index (χ2v) is 1.39. The standard InChI is InChI=1S/C4H3F2N2/c1-3-2-7-8(6)4(3)5/h1H3. The third kappa shape index (κ3) is 0.576. The van der Waals surface area contributed by atoms with E-state index in [1.54, 1.807) is 0 Å². The molecule has 0 N–H and O–H groups in total. The highest BCUT2D eigenvalue weighted by molar-refractivity contribution is 4.99. The van der Waals surface area contributed by atoms with Gasteiger partial charge in [-0.25, -0.2) is 0 Å². The van der Waals surface area contributed by atoms with E-state index in [9.17, 15) is 8.87 Å². The van der Waals surface area contributed by atoms with Crippen LogP contribution in [0.2, 0.25) is 0 Å². The first-order chi connectivity index (χ1) is 3.72. The lowest BCUT2D eigenvalue weighted by Crippen LogP contribution is -1.87. The fourth-order valence-corrected chi connectivity index (χ4v) is 0.347. The van der Waals surface area contributed by atoms with Crippen LogP contribution < -0.4 is 0 Å². The van der Waals surface area contributed by atoms with Crippen molar-refractivity contribution in [2.24, 2.45) is 0 Å². The Kier molecular flexibility index (Phi) is 1.00. The summed E-state index contributed by atoms with van der Waals surface area (Å²) >= 11 is 0. The van der Waals surface area contributed by atoms with Crippen LogP contribution in [-0.4, -0.2) is 10.0 Å². The van der Waals surface area contributed by atoms with Crippen LogP contribution in [0.3, 0.4) is 0 Å². The van der Waals surface area contributed by atoms with E-state index in [2.05, 4.69) is 11.3 Å². The topological polar surface area (TPSA) is 17.8 Å². The third-order valence-corrected chi connectivity index (χ3v) is 0.777. The smallest absolute Gasteiger partial charge is 0.182 e. The Morgan fingerprint density at radius 1 is 1.75 bits per heavy atom. The van der Waals surface area contributed by atoms with Crippen LogP contribution >= 0.6 is 0 Å². The maximum Gasteiger partial charge on any atom is 0.247 e. The minimum Gasteiger partial charge on any atom is -0.182 e. The summed E-state index contributed by atoms with van der Waals surface area (Å²) in [5.74, 6) is -0.981. The molecular weight excluding hydrogens is 114 g/mol. The van der Waals surface area contributed by atoms with Crippen molar-refractivity contribution >= 4 is 0 Å². The molecule has 0 fully saturated rings. The predicted molar refractivity (Wildman–Crippen MR) is 22.3 cm³/mol. The Balaban J connectivity index is 3.19. The summed E-state index contributed by atoms with van der Waals surface area (Å²) in [6.07, 6.45) is 2.10. The zero-order valence-electron chi connectivity index (χ0n) is 4.15. The van der Waals surface area contributed by atoms with Crippen molar-refractivity contribution in [3.8, 4) is 0 Å². The molecule has 0 unspecified atom stereocenters. The minimum absolute atomic E-state index is 0.0903. The number of hydrogen-bond donors (Lipinski definition) is 0. The second kappa shape index (κ2) is 1.54. The number of aromatic nitrogens is 2. The first-order valence-corrected chi connectivity index (χ1v) is 2.01. The van der Waals surface area contributed by atoms with Crippen LogP contribution in [0, 0.1) is 19.1 Å². The molecule has 1 aromatic heterocycles. The van der Waals surface area contributed by atoms with Gasteiger partial charge in [0.1, 0.15) is 6.20 Å². The van der Waals surface area contributed by atoms with Crippen molar-refractivity contribution in [1.29, 1.82) is 0 Å². The normalized spacial score (nSPS) is 9.88. The van der Waals surface area contributed by atoms with E-state index in [-0.39, 0.29) is 10.5 Å². The molecule has 2 nitrogen and oxygen atoms in total. The van der Waals surface area contributed by atoms with Gasteiger partial charge in [0.25, 0.3) is 0 Å². The van der Waals surface area contributed by atoms with E-state index in [0.29, 0.717) is 0 Å². The van der Waals surface area contributed by atoms with Crippen molar-refractivity contribution in [2.75, 3.05) is 0 Å². The van der Waals surface area contributed by atoms with Crippen LogP contribution in [0.25, 0.3) is 0 Å². The SMILES string of the molecule is Cc1[c]nn(F)c1F. The number of aryl methyl sites for hydroxylation is 1. The number of hydrogen-bond acceptors (Lipinski definition) is 1. The maximum absolute atomic E-state index is 12.0. The van der Waals surface area contributed by atoms with Gasteiger partial charge in [0.05, 0.1) is 0 Å². The highest BCUT2D eigenvalue weighted by Crippen LogP contribution is 2.01. The number of halogens is 2. The molecule has 0 amide bonds. The van der Waals surface area contributed by atoms with E-state index < -0.39 is 5.95 Å². The molecule has 0 bridgehead atoms. The molecule has 0 atom stereocenters.